The number of nitrogens with zero attached hydrogens (tertiary/aromatic N) is 5. The average Bonchev–Trinajstić information content (AvgIpc) is 2.93. The van der Waals surface area contributed by atoms with Crippen LogP contribution in [-0.2, 0) is 0 Å². The van der Waals surface area contributed by atoms with Gasteiger partial charge in [0.1, 0.15) is 11.4 Å². The van der Waals surface area contributed by atoms with Crippen molar-refractivity contribution in [3.63, 3.8) is 0 Å². The Kier molecular flexibility index (Phi) is 8.42. The van der Waals surface area contributed by atoms with Crippen LogP contribution in [0.25, 0.3) is 22.0 Å². The Labute approximate surface area is 230 Å². The Morgan fingerprint density at radius 1 is 1.03 bits per heavy atom. The molecule has 0 spiro atoms. The highest BCUT2D eigenvalue weighted by molar-refractivity contribution is 6.00. The number of piperazine rings is 1. The number of anilines is 2. The lowest BCUT2D eigenvalue weighted by Crippen LogP contribution is -2.55. The molecule has 1 fully saturated rings. The minimum Gasteiger partial charge on any atom is -0.435 e. The van der Waals surface area contributed by atoms with Crippen molar-refractivity contribution in [1.82, 2.24) is 15.1 Å². The van der Waals surface area contributed by atoms with Crippen LogP contribution in [0.2, 0.25) is 0 Å². The van der Waals surface area contributed by atoms with Gasteiger partial charge in [0.2, 0.25) is 0 Å². The highest BCUT2D eigenvalue weighted by Gasteiger charge is 2.29. The van der Waals surface area contributed by atoms with Crippen LogP contribution in [0.4, 0.5) is 25.1 Å². The smallest absolute Gasteiger partial charge is 0.387 e. The van der Waals surface area contributed by atoms with Crippen molar-refractivity contribution in [2.24, 2.45) is 0 Å². The molecule has 2 amide bonds. The van der Waals surface area contributed by atoms with Crippen molar-refractivity contribution in [3.05, 3.63) is 78.4 Å². The van der Waals surface area contributed by atoms with Crippen LogP contribution in [0.15, 0.2) is 72.8 Å². The van der Waals surface area contributed by atoms with Gasteiger partial charge in [-0.15, -0.1) is 22.6 Å². The zero-order valence-electron chi connectivity index (χ0n) is 20.9. The molecular formula is C28H25ClF2N6O2. The summed E-state index contributed by atoms with van der Waals surface area (Å²) in [4.78, 5) is 16.7. The van der Waals surface area contributed by atoms with Crippen LogP contribution < -0.4 is 15.0 Å². The monoisotopic (exact) mass is 550 g/mol. The van der Waals surface area contributed by atoms with Gasteiger partial charge in [0.25, 0.3) is 0 Å². The molecule has 4 aromatic rings. The number of benzene rings is 3. The first-order valence-electron chi connectivity index (χ1n) is 12.1. The molecule has 1 N–H and O–H groups in total. The molecule has 200 valence electrons. The number of carbonyl (C=O) groups excluding carboxylic acids is 1. The molecule has 1 saturated heterocycles. The third kappa shape index (κ3) is 5.99. The van der Waals surface area contributed by atoms with Gasteiger partial charge in [0.05, 0.1) is 11.6 Å². The van der Waals surface area contributed by atoms with Crippen molar-refractivity contribution in [2.45, 2.75) is 19.6 Å². The molecule has 39 heavy (non-hydrogen) atoms. The lowest BCUT2D eigenvalue weighted by molar-refractivity contribution is -0.0498. The van der Waals surface area contributed by atoms with E-state index in [1.165, 1.54) is 24.3 Å². The lowest BCUT2D eigenvalue weighted by atomic mass is 10.0. The van der Waals surface area contributed by atoms with Gasteiger partial charge in [-0.1, -0.05) is 36.4 Å². The molecule has 1 atom stereocenters. The van der Waals surface area contributed by atoms with Crippen molar-refractivity contribution >= 4 is 40.7 Å². The minimum absolute atomic E-state index is 0. The van der Waals surface area contributed by atoms with Gasteiger partial charge < -0.3 is 19.9 Å². The van der Waals surface area contributed by atoms with Crippen LogP contribution in [0.1, 0.15) is 12.5 Å². The zero-order chi connectivity index (χ0) is 26.6. The first-order chi connectivity index (χ1) is 18.4. The zero-order valence-corrected chi connectivity index (χ0v) is 21.7. The second kappa shape index (κ2) is 11.9. The molecule has 2 heterocycles. The van der Waals surface area contributed by atoms with E-state index >= 15 is 0 Å². The molecule has 0 radical (unpaired) electrons. The van der Waals surface area contributed by atoms with Crippen LogP contribution in [0.3, 0.4) is 0 Å². The fraction of sp³-hybridized carbons (Fsp3) is 0.214. The van der Waals surface area contributed by atoms with E-state index in [1.54, 1.807) is 17.0 Å². The summed E-state index contributed by atoms with van der Waals surface area (Å²) in [6.07, 6.45) is 0. The number of alkyl halides is 2. The normalized spacial score (nSPS) is 15.0. The molecule has 5 rings (SSSR count). The Balaban J connectivity index is 0.00000353. The van der Waals surface area contributed by atoms with Gasteiger partial charge in [0.15, 0.2) is 5.82 Å². The maximum absolute atomic E-state index is 12.9. The number of halogens is 3. The number of carbonyl (C=O) groups is 1. The number of aromatic nitrogens is 2. The Hall–Kier alpha value is -4.49. The summed E-state index contributed by atoms with van der Waals surface area (Å²) >= 11 is 0. The van der Waals surface area contributed by atoms with Crippen LogP contribution in [-0.4, -0.2) is 53.4 Å². The standard InChI is InChI=1S/C28H24F2N6O2.ClH/c1-18-17-35(28(37)32-21-10-12-22(13-11-21)38-27(29)30)14-15-36(18)26-24-5-3-2-4-23(24)25(33-34-26)20-8-6-19(16-31)7-9-20;/h2-13,18,27H,14-15,17H2,1H3,(H,32,37);1H. The summed E-state index contributed by atoms with van der Waals surface area (Å²) in [6, 6.07) is 22.8. The SMILES string of the molecule is CC1CN(C(=O)Nc2ccc(OC(F)F)cc2)CCN1c1nnc(-c2ccc(C#N)cc2)c2ccccc12.Cl. The number of rotatable bonds is 5. The van der Waals surface area contributed by atoms with E-state index in [9.17, 15) is 13.6 Å². The van der Waals surface area contributed by atoms with Crippen molar-refractivity contribution < 1.29 is 18.3 Å². The highest BCUT2D eigenvalue weighted by Crippen LogP contribution is 2.33. The first-order valence-corrected chi connectivity index (χ1v) is 12.1. The number of amides is 2. The summed E-state index contributed by atoms with van der Waals surface area (Å²) in [7, 11) is 0. The number of ether oxygens (including phenoxy) is 1. The minimum atomic E-state index is -2.90. The first kappa shape index (κ1) is 27.5. The largest absolute Gasteiger partial charge is 0.435 e. The Morgan fingerprint density at radius 2 is 1.72 bits per heavy atom. The summed E-state index contributed by atoms with van der Waals surface area (Å²) < 4.78 is 29.1. The second-order valence-corrected chi connectivity index (χ2v) is 8.93. The number of urea groups is 1. The molecular weight excluding hydrogens is 526 g/mol. The fourth-order valence-electron chi connectivity index (χ4n) is 4.60. The molecule has 8 nitrogen and oxygen atoms in total. The van der Waals surface area contributed by atoms with E-state index in [4.69, 9.17) is 5.26 Å². The quantitative estimate of drug-likeness (QED) is 0.331. The lowest BCUT2D eigenvalue weighted by Gasteiger charge is -2.40. The summed E-state index contributed by atoms with van der Waals surface area (Å²) in [5, 5.41) is 23.0. The highest BCUT2D eigenvalue weighted by atomic mass is 35.5. The van der Waals surface area contributed by atoms with Crippen LogP contribution >= 0.6 is 12.4 Å². The van der Waals surface area contributed by atoms with Crippen molar-refractivity contribution in [1.29, 1.82) is 5.26 Å². The van der Waals surface area contributed by atoms with E-state index in [-0.39, 0.29) is 30.2 Å². The van der Waals surface area contributed by atoms with Gasteiger partial charge in [-0.2, -0.15) is 14.0 Å². The van der Waals surface area contributed by atoms with Gasteiger partial charge >= 0.3 is 12.6 Å². The van der Waals surface area contributed by atoms with Gasteiger partial charge in [-0.3, -0.25) is 0 Å². The van der Waals surface area contributed by atoms with E-state index in [1.807, 2.05) is 43.3 Å². The van der Waals surface area contributed by atoms with E-state index < -0.39 is 6.61 Å². The predicted molar refractivity (Wildman–Crippen MR) is 147 cm³/mol. The molecule has 0 aliphatic carbocycles. The third-order valence-electron chi connectivity index (χ3n) is 6.47. The summed E-state index contributed by atoms with van der Waals surface area (Å²) in [5.41, 5.74) is 2.69. The number of hydrogen-bond donors (Lipinski definition) is 1. The third-order valence-corrected chi connectivity index (χ3v) is 6.47. The van der Waals surface area contributed by atoms with Crippen molar-refractivity contribution in [2.75, 3.05) is 29.9 Å². The number of nitriles is 1. The molecule has 0 bridgehead atoms. The summed E-state index contributed by atoms with van der Waals surface area (Å²) in [5.74, 6) is 0.777. The Morgan fingerprint density at radius 3 is 2.36 bits per heavy atom. The molecule has 1 aromatic heterocycles. The van der Waals surface area contributed by atoms with E-state index in [2.05, 4.69) is 31.2 Å². The number of nitrogens with one attached hydrogen (secondary N) is 1. The van der Waals surface area contributed by atoms with Crippen LogP contribution in [0.5, 0.6) is 5.75 Å². The Bertz CT molecular complexity index is 1500. The van der Waals surface area contributed by atoms with Gasteiger partial charge in [0, 0.05) is 47.7 Å². The molecule has 1 aliphatic heterocycles. The van der Waals surface area contributed by atoms with Crippen LogP contribution in [0, 0.1) is 11.3 Å². The van der Waals surface area contributed by atoms with E-state index in [0.717, 1.165) is 27.8 Å². The second-order valence-electron chi connectivity index (χ2n) is 8.93. The van der Waals surface area contributed by atoms with Gasteiger partial charge in [-0.25, -0.2) is 4.79 Å². The molecule has 11 heteroatoms. The molecule has 3 aromatic carbocycles. The fourth-order valence-corrected chi connectivity index (χ4v) is 4.60. The summed E-state index contributed by atoms with van der Waals surface area (Å²) in [6.45, 7) is 0.621. The van der Waals surface area contributed by atoms with Crippen molar-refractivity contribution in [3.8, 4) is 23.1 Å². The topological polar surface area (TPSA) is 94.4 Å². The maximum atomic E-state index is 12.9. The number of hydrogen-bond acceptors (Lipinski definition) is 6. The maximum Gasteiger partial charge on any atom is 0.387 e. The number of fused-ring (bicyclic) bond motifs is 1. The van der Waals surface area contributed by atoms with E-state index in [0.29, 0.717) is 30.9 Å². The predicted octanol–water partition coefficient (Wildman–Crippen LogP) is 5.93. The molecule has 1 unspecified atom stereocenters. The molecule has 0 saturated carbocycles. The molecule has 1 aliphatic rings. The van der Waals surface area contributed by atoms with Gasteiger partial charge in [-0.05, 0) is 43.3 Å². The average molecular weight is 551 g/mol.